The zero-order valence-corrected chi connectivity index (χ0v) is 24.4. The number of aliphatic hydroxyl groups is 1. The number of amides is 1. The van der Waals surface area contributed by atoms with Gasteiger partial charge in [0.05, 0.1) is 5.69 Å². The van der Waals surface area contributed by atoms with Crippen molar-refractivity contribution < 1.29 is 33.4 Å². The molecule has 0 aliphatic heterocycles. The molecule has 0 radical (unpaired) electrons. The number of nitrogens with two attached hydrogens (primary N) is 1. The fraction of sp³-hybridized carbons (Fsp3) is 0.345. The Morgan fingerprint density at radius 1 is 0.976 bits per heavy atom. The Kier molecular flexibility index (Phi) is 9.06. The number of carbonyl (C=O) groups is 3. The Morgan fingerprint density at radius 2 is 1.50 bits per heavy atom. The number of nitrogens with zero attached hydrogens (tertiary/aromatic N) is 2. The topological polar surface area (TPSA) is 172 Å². The van der Waals surface area contributed by atoms with Crippen molar-refractivity contribution in [3.63, 3.8) is 0 Å². The van der Waals surface area contributed by atoms with Gasteiger partial charge in [-0.2, -0.15) is 0 Å². The van der Waals surface area contributed by atoms with Crippen LogP contribution in [0.4, 0.5) is 15.9 Å². The van der Waals surface area contributed by atoms with Crippen LogP contribution in [0.5, 0.6) is 11.5 Å². The molecule has 1 atom stereocenters. The van der Waals surface area contributed by atoms with E-state index in [-0.39, 0.29) is 30.0 Å². The van der Waals surface area contributed by atoms with Gasteiger partial charge in [0.15, 0.2) is 0 Å². The quantitative estimate of drug-likeness (QED) is 0.265. The maximum atomic E-state index is 13.5. The largest absolute Gasteiger partial charge is 0.426 e. The summed E-state index contributed by atoms with van der Waals surface area (Å²) in [5.74, 6) is -2.65. The zero-order chi connectivity index (χ0) is 31.7. The van der Waals surface area contributed by atoms with Gasteiger partial charge in [-0.25, -0.2) is 13.8 Å². The number of aromatic nitrogens is 2. The second kappa shape index (κ2) is 12.0. The molecule has 1 amide bonds. The number of ether oxygens (including phenoxy) is 2. The molecule has 3 aromatic rings. The van der Waals surface area contributed by atoms with Crippen LogP contribution in [-0.2, 0) is 27.9 Å². The van der Waals surface area contributed by atoms with Crippen LogP contribution in [0.25, 0.3) is 5.69 Å². The minimum Gasteiger partial charge on any atom is -0.426 e. The third kappa shape index (κ3) is 6.25. The van der Waals surface area contributed by atoms with Gasteiger partial charge in [0.2, 0.25) is 0 Å². The first kappa shape index (κ1) is 31.7. The van der Waals surface area contributed by atoms with Gasteiger partial charge in [0.25, 0.3) is 11.5 Å². The number of nitrogens with one attached hydrogen (secondary N) is 1. The number of anilines is 2. The monoisotopic (exact) mass is 584 g/mol. The smallest absolute Gasteiger partial charge is 0.337 e. The summed E-state index contributed by atoms with van der Waals surface area (Å²) in [5, 5.41) is 13.5. The van der Waals surface area contributed by atoms with Crippen LogP contribution in [0.15, 0.2) is 33.9 Å². The van der Waals surface area contributed by atoms with Gasteiger partial charge in [-0.15, -0.1) is 0 Å². The standard InChI is InChI=1S/C29H33FN4O8/c1-14-15(2)24(42-18(5)36)21(16(3)23(14)41-17(4)35)12-13-29(6,40)27(38)32-22-25(31)34(28(39)33(7)26(22)37)20-10-8-19(30)9-11-20/h8-11,40H,12-13,31H2,1-7H3,(H,32,38). The van der Waals surface area contributed by atoms with Crippen molar-refractivity contribution >= 4 is 29.4 Å². The van der Waals surface area contributed by atoms with Gasteiger partial charge < -0.3 is 25.6 Å². The van der Waals surface area contributed by atoms with Gasteiger partial charge in [0.1, 0.15) is 34.4 Å². The lowest BCUT2D eigenvalue weighted by atomic mass is 9.90. The van der Waals surface area contributed by atoms with Crippen LogP contribution in [0.3, 0.4) is 0 Å². The van der Waals surface area contributed by atoms with E-state index in [0.717, 1.165) is 16.7 Å². The van der Waals surface area contributed by atoms with Crippen molar-refractivity contribution in [3.05, 3.63) is 73.2 Å². The Bertz CT molecular complexity index is 1700. The molecule has 0 bridgehead atoms. The molecule has 0 aliphatic carbocycles. The van der Waals surface area contributed by atoms with E-state index < -0.39 is 52.0 Å². The van der Waals surface area contributed by atoms with Gasteiger partial charge in [-0.1, -0.05) is 0 Å². The summed E-state index contributed by atoms with van der Waals surface area (Å²) in [7, 11) is 1.18. The van der Waals surface area contributed by atoms with Crippen LogP contribution < -0.4 is 31.8 Å². The van der Waals surface area contributed by atoms with E-state index in [2.05, 4.69) is 5.32 Å². The Balaban J connectivity index is 2.00. The predicted octanol–water partition coefficient (Wildman–Crippen LogP) is 2.36. The molecule has 1 heterocycles. The molecular formula is C29H33FN4O8. The number of esters is 2. The molecule has 0 aliphatic rings. The van der Waals surface area contributed by atoms with E-state index in [4.69, 9.17) is 15.2 Å². The first-order chi connectivity index (χ1) is 19.5. The Hall–Kier alpha value is -4.78. The molecule has 0 saturated carbocycles. The lowest BCUT2D eigenvalue weighted by molar-refractivity contribution is -0.133. The summed E-state index contributed by atoms with van der Waals surface area (Å²) < 4.78 is 25.9. The number of halogens is 1. The number of nitrogen functional groups attached to an aromatic ring is 1. The summed E-state index contributed by atoms with van der Waals surface area (Å²) in [6, 6.07) is 4.74. The average molecular weight is 585 g/mol. The molecule has 13 heteroatoms. The molecule has 12 nitrogen and oxygen atoms in total. The van der Waals surface area contributed by atoms with Crippen LogP contribution in [0.1, 0.15) is 49.4 Å². The third-order valence-electron chi connectivity index (χ3n) is 6.97. The van der Waals surface area contributed by atoms with Crippen molar-refractivity contribution in [2.75, 3.05) is 11.1 Å². The van der Waals surface area contributed by atoms with Crippen LogP contribution in [-0.4, -0.2) is 37.7 Å². The van der Waals surface area contributed by atoms with Gasteiger partial charge in [-0.05, 0) is 81.5 Å². The van der Waals surface area contributed by atoms with Crippen molar-refractivity contribution in [1.82, 2.24) is 9.13 Å². The van der Waals surface area contributed by atoms with Gasteiger partial charge in [-0.3, -0.25) is 23.7 Å². The summed E-state index contributed by atoms with van der Waals surface area (Å²) in [6.07, 6.45) is -0.236. The molecule has 0 spiro atoms. The lowest BCUT2D eigenvalue weighted by Crippen LogP contribution is -2.45. The normalized spacial score (nSPS) is 12.4. The highest BCUT2D eigenvalue weighted by molar-refractivity contribution is 5.98. The lowest BCUT2D eigenvalue weighted by Gasteiger charge is -2.25. The van der Waals surface area contributed by atoms with E-state index in [1.54, 1.807) is 20.8 Å². The fourth-order valence-electron chi connectivity index (χ4n) is 4.45. The van der Waals surface area contributed by atoms with E-state index in [1.165, 1.54) is 40.0 Å². The minimum absolute atomic E-state index is 0.00712. The third-order valence-corrected chi connectivity index (χ3v) is 6.97. The second-order valence-corrected chi connectivity index (χ2v) is 10.1. The molecule has 1 aromatic heterocycles. The number of hydrogen-bond acceptors (Lipinski definition) is 9. The Morgan fingerprint density at radius 3 is 2.05 bits per heavy atom. The zero-order valence-electron chi connectivity index (χ0n) is 24.4. The maximum Gasteiger partial charge on any atom is 0.337 e. The average Bonchev–Trinajstić information content (AvgIpc) is 2.91. The van der Waals surface area contributed by atoms with Crippen molar-refractivity contribution in [1.29, 1.82) is 0 Å². The molecule has 3 rings (SSSR count). The highest BCUT2D eigenvalue weighted by Gasteiger charge is 2.33. The van der Waals surface area contributed by atoms with E-state index in [9.17, 15) is 33.5 Å². The molecule has 1 unspecified atom stereocenters. The number of hydrogen-bond donors (Lipinski definition) is 3. The molecule has 4 N–H and O–H groups in total. The van der Waals surface area contributed by atoms with Crippen molar-refractivity contribution in [2.24, 2.45) is 7.05 Å². The van der Waals surface area contributed by atoms with E-state index in [1.807, 2.05) is 0 Å². The van der Waals surface area contributed by atoms with Crippen LogP contribution in [0, 0.1) is 26.6 Å². The van der Waals surface area contributed by atoms with Crippen LogP contribution >= 0.6 is 0 Å². The van der Waals surface area contributed by atoms with E-state index in [0.29, 0.717) is 26.8 Å². The molecule has 2 aromatic carbocycles. The Labute approximate surface area is 240 Å². The van der Waals surface area contributed by atoms with Gasteiger partial charge in [0, 0.05) is 26.5 Å². The first-order valence-electron chi connectivity index (χ1n) is 12.9. The first-order valence-corrected chi connectivity index (χ1v) is 12.9. The molecular weight excluding hydrogens is 551 g/mol. The molecule has 224 valence electrons. The SMILES string of the molecule is CC(=O)Oc1c(C)c(C)c(OC(C)=O)c(CCC(C)(O)C(=O)Nc2c(N)n(-c3ccc(F)cc3)c(=O)n(C)c2=O)c1C. The second-order valence-electron chi connectivity index (χ2n) is 10.1. The summed E-state index contributed by atoms with van der Waals surface area (Å²) in [4.78, 5) is 62.6. The van der Waals surface area contributed by atoms with Gasteiger partial charge >= 0.3 is 17.6 Å². The fourth-order valence-corrected chi connectivity index (χ4v) is 4.45. The van der Waals surface area contributed by atoms with Crippen LogP contribution in [0.2, 0.25) is 0 Å². The number of carbonyl (C=O) groups excluding carboxylic acids is 3. The minimum atomic E-state index is -2.10. The molecule has 42 heavy (non-hydrogen) atoms. The highest BCUT2D eigenvalue weighted by atomic mass is 19.1. The van der Waals surface area contributed by atoms with Crippen molar-refractivity contribution in [3.8, 4) is 17.2 Å². The summed E-state index contributed by atoms with van der Waals surface area (Å²) in [6.45, 7) is 8.74. The van der Waals surface area contributed by atoms with Crippen molar-refractivity contribution in [2.45, 2.75) is 60.0 Å². The predicted molar refractivity (Wildman–Crippen MR) is 152 cm³/mol. The number of rotatable bonds is 8. The summed E-state index contributed by atoms with van der Waals surface area (Å²) in [5.41, 5.74) is 3.96. The highest BCUT2D eigenvalue weighted by Crippen LogP contribution is 2.39. The maximum absolute atomic E-state index is 13.5. The molecule has 0 saturated heterocycles. The number of benzene rings is 2. The summed E-state index contributed by atoms with van der Waals surface area (Å²) >= 11 is 0. The van der Waals surface area contributed by atoms with E-state index >= 15 is 0 Å². The molecule has 0 fully saturated rings.